The number of rotatable bonds is 7. The number of furan rings is 1. The van der Waals surface area contributed by atoms with Gasteiger partial charge in [-0.25, -0.2) is 0 Å². The maximum atomic E-state index is 12.9. The van der Waals surface area contributed by atoms with Crippen molar-refractivity contribution in [1.29, 1.82) is 0 Å². The van der Waals surface area contributed by atoms with E-state index in [2.05, 4.69) is 0 Å². The van der Waals surface area contributed by atoms with Crippen molar-refractivity contribution >= 4 is 27.6 Å². The Morgan fingerprint density at radius 2 is 1.93 bits per heavy atom. The molecular formula is C19H24ClNO5S. The molecule has 8 heteroatoms. The van der Waals surface area contributed by atoms with Gasteiger partial charge >= 0.3 is 10.1 Å². The molecule has 0 saturated carbocycles. The molecule has 0 bridgehead atoms. The largest absolute Gasteiger partial charge is 0.467 e. The number of hydrogen-bond donors (Lipinski definition) is 0. The first-order chi connectivity index (χ1) is 12.4. The Balaban J connectivity index is 2.33. The van der Waals surface area contributed by atoms with Gasteiger partial charge in [-0.2, -0.15) is 8.42 Å². The summed E-state index contributed by atoms with van der Waals surface area (Å²) in [7, 11) is -3.71. The summed E-state index contributed by atoms with van der Waals surface area (Å²) in [5.74, 6) is 0.698. The van der Waals surface area contributed by atoms with Crippen molar-refractivity contribution in [3.05, 3.63) is 52.9 Å². The highest BCUT2D eigenvalue weighted by atomic mass is 35.5. The number of halogens is 1. The molecule has 0 N–H and O–H groups in total. The van der Waals surface area contributed by atoms with Gasteiger partial charge in [-0.3, -0.25) is 4.79 Å². The summed E-state index contributed by atoms with van der Waals surface area (Å²) in [5.41, 5.74) is 0.306. The van der Waals surface area contributed by atoms with Crippen molar-refractivity contribution in [2.24, 2.45) is 5.41 Å². The lowest BCUT2D eigenvalue weighted by atomic mass is 9.91. The van der Waals surface area contributed by atoms with E-state index < -0.39 is 10.1 Å². The standard InChI is InChI=1S/C19H24ClNO5S/c1-19(2,3)11-18(22)21(13-16-6-5-9-25-16)12-14-10-15(20)7-8-17(14)26-27(4,23)24/h5-10H,11-13H2,1-4H3. The van der Waals surface area contributed by atoms with Crippen LogP contribution in [0.3, 0.4) is 0 Å². The predicted octanol–water partition coefficient (Wildman–Crippen LogP) is 4.24. The molecule has 0 aliphatic carbocycles. The van der Waals surface area contributed by atoms with Crippen LogP contribution in [-0.4, -0.2) is 25.5 Å². The van der Waals surface area contributed by atoms with Crippen LogP contribution < -0.4 is 4.18 Å². The highest BCUT2D eigenvalue weighted by Gasteiger charge is 2.24. The average molecular weight is 414 g/mol. The van der Waals surface area contributed by atoms with E-state index in [9.17, 15) is 13.2 Å². The topological polar surface area (TPSA) is 76.8 Å². The molecule has 148 valence electrons. The first kappa shape index (κ1) is 21.3. The fourth-order valence-electron chi connectivity index (χ4n) is 2.51. The van der Waals surface area contributed by atoms with Gasteiger partial charge in [0.25, 0.3) is 0 Å². The van der Waals surface area contributed by atoms with E-state index in [4.69, 9.17) is 20.2 Å². The lowest BCUT2D eigenvalue weighted by Crippen LogP contribution is -2.33. The van der Waals surface area contributed by atoms with Crippen LogP contribution in [-0.2, 0) is 28.0 Å². The Hall–Kier alpha value is -1.99. The molecule has 1 aromatic carbocycles. The molecule has 0 aliphatic rings. The van der Waals surface area contributed by atoms with Crippen LogP contribution in [0.1, 0.15) is 38.5 Å². The van der Waals surface area contributed by atoms with Crippen molar-refractivity contribution in [3.63, 3.8) is 0 Å². The summed E-state index contributed by atoms with van der Waals surface area (Å²) in [6, 6.07) is 8.15. The van der Waals surface area contributed by atoms with Crippen LogP contribution in [0, 0.1) is 5.41 Å². The zero-order chi connectivity index (χ0) is 20.2. The van der Waals surface area contributed by atoms with E-state index in [1.165, 1.54) is 6.07 Å². The number of amides is 1. The highest BCUT2D eigenvalue weighted by molar-refractivity contribution is 7.86. The lowest BCUT2D eigenvalue weighted by molar-refractivity contribution is -0.134. The first-order valence-electron chi connectivity index (χ1n) is 8.41. The monoisotopic (exact) mass is 413 g/mol. The third-order valence-corrected chi connectivity index (χ3v) is 4.30. The van der Waals surface area contributed by atoms with E-state index in [1.807, 2.05) is 20.8 Å². The maximum Gasteiger partial charge on any atom is 0.306 e. The Bertz CT molecular complexity index is 885. The quantitative estimate of drug-likeness (QED) is 0.634. The second-order valence-electron chi connectivity index (χ2n) is 7.61. The van der Waals surface area contributed by atoms with Crippen molar-refractivity contribution in [1.82, 2.24) is 4.90 Å². The van der Waals surface area contributed by atoms with Gasteiger partial charge in [-0.15, -0.1) is 0 Å². The summed E-state index contributed by atoms with van der Waals surface area (Å²) in [5, 5.41) is 0.423. The van der Waals surface area contributed by atoms with Gasteiger partial charge in [-0.1, -0.05) is 32.4 Å². The Morgan fingerprint density at radius 1 is 1.22 bits per heavy atom. The number of nitrogens with zero attached hydrogens (tertiary/aromatic N) is 1. The molecule has 0 unspecified atom stereocenters. The van der Waals surface area contributed by atoms with Gasteiger partial charge in [0, 0.05) is 23.6 Å². The molecule has 0 atom stereocenters. The smallest absolute Gasteiger partial charge is 0.306 e. The van der Waals surface area contributed by atoms with Crippen molar-refractivity contribution < 1.29 is 21.8 Å². The van der Waals surface area contributed by atoms with Crippen molar-refractivity contribution in [3.8, 4) is 5.75 Å². The highest BCUT2D eigenvalue weighted by Crippen LogP contribution is 2.28. The summed E-state index contributed by atoms with van der Waals surface area (Å²) in [6.45, 7) is 6.34. The Kier molecular flexibility index (Phi) is 6.59. The van der Waals surface area contributed by atoms with Gasteiger partial charge in [0.15, 0.2) is 0 Å². The fourth-order valence-corrected chi connectivity index (χ4v) is 3.19. The number of hydrogen-bond acceptors (Lipinski definition) is 5. The molecule has 6 nitrogen and oxygen atoms in total. The van der Waals surface area contributed by atoms with Crippen LogP contribution in [0.2, 0.25) is 5.02 Å². The molecular weight excluding hydrogens is 390 g/mol. The molecule has 0 fully saturated rings. The second-order valence-corrected chi connectivity index (χ2v) is 9.62. The lowest BCUT2D eigenvalue weighted by Gasteiger charge is -2.27. The minimum absolute atomic E-state index is 0.0795. The molecule has 0 saturated heterocycles. The van der Waals surface area contributed by atoms with E-state index in [-0.39, 0.29) is 30.2 Å². The van der Waals surface area contributed by atoms with E-state index in [0.29, 0.717) is 22.8 Å². The molecule has 0 radical (unpaired) electrons. The number of carbonyl (C=O) groups is 1. The predicted molar refractivity (Wildman–Crippen MR) is 104 cm³/mol. The van der Waals surface area contributed by atoms with Crippen LogP contribution in [0.5, 0.6) is 5.75 Å². The van der Waals surface area contributed by atoms with Gasteiger partial charge in [0.1, 0.15) is 11.5 Å². The molecule has 1 amide bonds. The van der Waals surface area contributed by atoms with Gasteiger partial charge in [-0.05, 0) is 35.7 Å². The average Bonchev–Trinajstić information content (AvgIpc) is 2.99. The minimum Gasteiger partial charge on any atom is -0.467 e. The SMILES string of the molecule is CC(C)(C)CC(=O)N(Cc1ccco1)Cc1cc(Cl)ccc1OS(C)(=O)=O. The Morgan fingerprint density at radius 3 is 2.48 bits per heavy atom. The molecule has 1 heterocycles. The van der Waals surface area contributed by atoms with Crippen LogP contribution in [0.15, 0.2) is 41.0 Å². The van der Waals surface area contributed by atoms with Gasteiger partial charge in [0.2, 0.25) is 5.91 Å². The molecule has 0 aliphatic heterocycles. The van der Waals surface area contributed by atoms with Crippen LogP contribution in [0.4, 0.5) is 0 Å². The summed E-state index contributed by atoms with van der Waals surface area (Å²) in [6.07, 6.45) is 2.84. The zero-order valence-corrected chi connectivity index (χ0v) is 17.4. The molecule has 27 heavy (non-hydrogen) atoms. The van der Waals surface area contributed by atoms with Gasteiger partial charge in [0.05, 0.1) is 19.1 Å². The second kappa shape index (κ2) is 8.35. The molecule has 1 aromatic heterocycles. The van der Waals surface area contributed by atoms with Crippen LogP contribution in [0.25, 0.3) is 0 Å². The van der Waals surface area contributed by atoms with Crippen molar-refractivity contribution in [2.75, 3.05) is 6.26 Å². The maximum absolute atomic E-state index is 12.9. The molecule has 0 spiro atoms. The summed E-state index contributed by atoms with van der Waals surface area (Å²) in [4.78, 5) is 14.5. The van der Waals surface area contributed by atoms with Gasteiger partial charge < -0.3 is 13.5 Å². The van der Waals surface area contributed by atoms with Crippen molar-refractivity contribution in [2.45, 2.75) is 40.3 Å². The van der Waals surface area contributed by atoms with E-state index >= 15 is 0 Å². The third-order valence-electron chi connectivity index (χ3n) is 3.59. The minimum atomic E-state index is -3.71. The normalized spacial score (nSPS) is 12.0. The third kappa shape index (κ3) is 7.27. The first-order valence-corrected chi connectivity index (χ1v) is 10.6. The molecule has 2 aromatic rings. The number of benzene rings is 1. The number of carbonyl (C=O) groups excluding carboxylic acids is 1. The van der Waals surface area contributed by atoms with E-state index in [1.54, 1.807) is 35.4 Å². The van der Waals surface area contributed by atoms with E-state index in [0.717, 1.165) is 6.26 Å². The summed E-state index contributed by atoms with van der Waals surface area (Å²) >= 11 is 6.07. The van der Waals surface area contributed by atoms with Crippen LogP contribution >= 0.6 is 11.6 Å². The Labute approximate surface area is 165 Å². The zero-order valence-electron chi connectivity index (χ0n) is 15.9. The fraction of sp³-hybridized carbons (Fsp3) is 0.421. The molecule has 2 rings (SSSR count). The summed E-state index contributed by atoms with van der Waals surface area (Å²) < 4.78 is 33.5.